The first-order valence-corrected chi connectivity index (χ1v) is 12.6. The minimum Gasteiger partial charge on any atom is -0.392 e. The van der Waals surface area contributed by atoms with E-state index in [0.717, 1.165) is 45.2 Å². The Hall–Kier alpha value is -1.42. The van der Waals surface area contributed by atoms with E-state index in [1.54, 1.807) is 11.9 Å². The van der Waals surface area contributed by atoms with Gasteiger partial charge in [-0.1, -0.05) is 26.7 Å². The highest BCUT2D eigenvalue weighted by molar-refractivity contribution is 7.11. The van der Waals surface area contributed by atoms with Crippen LogP contribution >= 0.6 is 11.3 Å². The summed E-state index contributed by atoms with van der Waals surface area (Å²) in [4.78, 5) is 21.1. The highest BCUT2D eigenvalue weighted by atomic mass is 32.1. The largest absolute Gasteiger partial charge is 0.392 e. The van der Waals surface area contributed by atoms with E-state index in [0.29, 0.717) is 12.5 Å². The number of fused-ring (bicyclic) bond motifs is 2. The molecule has 6 heteroatoms. The van der Waals surface area contributed by atoms with Crippen molar-refractivity contribution in [3.63, 3.8) is 0 Å². The number of piperidine rings is 1. The Morgan fingerprint density at radius 3 is 2.81 bits per heavy atom. The summed E-state index contributed by atoms with van der Waals surface area (Å²) >= 11 is 1.92. The van der Waals surface area contributed by atoms with Crippen LogP contribution in [-0.2, 0) is 11.2 Å². The first kappa shape index (κ1) is 22.8. The Labute approximate surface area is 191 Å². The van der Waals surface area contributed by atoms with Crippen LogP contribution in [0.25, 0.3) is 0 Å². The zero-order chi connectivity index (χ0) is 22.3. The van der Waals surface area contributed by atoms with Crippen molar-refractivity contribution in [2.24, 2.45) is 23.2 Å². The number of terminal acetylenes is 1. The maximum Gasteiger partial charge on any atom is 0.226 e. The third kappa shape index (κ3) is 4.05. The molecule has 170 valence electrons. The van der Waals surface area contributed by atoms with E-state index in [2.05, 4.69) is 25.1 Å². The van der Waals surface area contributed by atoms with E-state index in [-0.39, 0.29) is 35.0 Å². The number of thiazole rings is 1. The van der Waals surface area contributed by atoms with Gasteiger partial charge in [-0.3, -0.25) is 4.79 Å². The SMILES string of the molecule is C#CCN(C)C(=O)C(C)C1CCC2(C)Cc3sc(C4CCNCC4)nc3C(C)C2C1O. The Kier molecular flexibility index (Phi) is 6.49. The third-order valence-corrected chi connectivity index (χ3v) is 9.60. The van der Waals surface area contributed by atoms with Gasteiger partial charge >= 0.3 is 0 Å². The van der Waals surface area contributed by atoms with Crippen LogP contribution < -0.4 is 5.32 Å². The molecule has 3 aliphatic rings. The first-order chi connectivity index (χ1) is 14.8. The number of hydrogen-bond donors (Lipinski definition) is 2. The standard InChI is InChI=1S/C25H37N3O2S/c1-6-13-28(5)24(30)15(2)18-7-10-25(4)14-19-21(16(3)20(25)22(18)29)27-23(31-19)17-8-11-26-12-9-17/h1,15-18,20,22,26,29H,7-14H2,2-5H3. The predicted octanol–water partition coefficient (Wildman–Crippen LogP) is 3.39. The summed E-state index contributed by atoms with van der Waals surface area (Å²) in [6.45, 7) is 9.01. The maximum absolute atomic E-state index is 12.9. The van der Waals surface area contributed by atoms with Crippen LogP contribution in [0.3, 0.4) is 0 Å². The quantitative estimate of drug-likeness (QED) is 0.700. The lowest BCUT2D eigenvalue weighted by Gasteiger charge is -2.53. The highest BCUT2D eigenvalue weighted by Crippen LogP contribution is 2.57. The number of aliphatic hydroxyl groups excluding tert-OH is 1. The van der Waals surface area contributed by atoms with Crippen LogP contribution in [-0.4, -0.2) is 53.7 Å². The Morgan fingerprint density at radius 2 is 2.13 bits per heavy atom. The second-order valence-corrected chi connectivity index (χ2v) is 11.5. The van der Waals surface area contributed by atoms with Crippen molar-refractivity contribution >= 4 is 17.2 Å². The number of nitrogens with zero attached hydrogens (tertiary/aromatic N) is 2. The molecule has 2 aliphatic carbocycles. The van der Waals surface area contributed by atoms with Crippen molar-refractivity contribution in [1.29, 1.82) is 0 Å². The normalized spacial score (nSPS) is 34.3. The van der Waals surface area contributed by atoms with Crippen molar-refractivity contribution in [3.8, 4) is 12.3 Å². The average Bonchev–Trinajstić information content (AvgIpc) is 3.17. The number of hydrogen-bond acceptors (Lipinski definition) is 5. The fourth-order valence-corrected chi connectivity index (χ4v) is 8.09. The third-order valence-electron chi connectivity index (χ3n) is 8.36. The predicted molar refractivity (Wildman–Crippen MR) is 125 cm³/mol. The van der Waals surface area contributed by atoms with Crippen molar-refractivity contribution in [1.82, 2.24) is 15.2 Å². The molecule has 0 aromatic carbocycles. The van der Waals surface area contributed by atoms with Gasteiger partial charge in [0.05, 0.1) is 23.4 Å². The molecule has 0 bridgehead atoms. The molecule has 0 radical (unpaired) electrons. The minimum absolute atomic E-state index is 0.0303. The van der Waals surface area contributed by atoms with Crippen molar-refractivity contribution in [2.45, 2.75) is 70.8 Å². The summed E-state index contributed by atoms with van der Waals surface area (Å²) in [7, 11) is 1.76. The zero-order valence-corrected chi connectivity index (χ0v) is 20.2. The van der Waals surface area contributed by atoms with E-state index in [1.807, 2.05) is 18.3 Å². The molecular formula is C25H37N3O2S. The molecule has 1 amide bonds. The Bertz CT molecular complexity index is 855. The topological polar surface area (TPSA) is 65.5 Å². The molecule has 1 aromatic rings. The summed E-state index contributed by atoms with van der Waals surface area (Å²) in [5.74, 6) is 3.24. The van der Waals surface area contributed by atoms with Crippen LogP contribution in [0.15, 0.2) is 0 Å². The molecule has 1 aromatic heterocycles. The Morgan fingerprint density at radius 1 is 1.42 bits per heavy atom. The summed E-state index contributed by atoms with van der Waals surface area (Å²) in [6.07, 6.45) is 10.2. The molecule has 2 fully saturated rings. The van der Waals surface area contributed by atoms with Gasteiger partial charge in [0.25, 0.3) is 0 Å². The molecule has 31 heavy (non-hydrogen) atoms. The van der Waals surface area contributed by atoms with Gasteiger partial charge in [0.1, 0.15) is 0 Å². The molecule has 2 heterocycles. The second kappa shape index (κ2) is 8.84. The van der Waals surface area contributed by atoms with Crippen LogP contribution in [0, 0.1) is 35.5 Å². The van der Waals surface area contributed by atoms with Gasteiger partial charge in [0.2, 0.25) is 5.91 Å². The van der Waals surface area contributed by atoms with Crippen molar-refractivity contribution in [2.75, 3.05) is 26.7 Å². The highest BCUT2D eigenvalue weighted by Gasteiger charge is 2.54. The van der Waals surface area contributed by atoms with Gasteiger partial charge in [0.15, 0.2) is 0 Å². The molecule has 6 atom stereocenters. The number of aliphatic hydroxyl groups is 1. The number of nitrogens with one attached hydrogen (secondary N) is 1. The average molecular weight is 444 g/mol. The monoisotopic (exact) mass is 443 g/mol. The van der Waals surface area contributed by atoms with E-state index < -0.39 is 6.10 Å². The fourth-order valence-electron chi connectivity index (χ4n) is 6.55. The lowest BCUT2D eigenvalue weighted by molar-refractivity contribution is -0.142. The van der Waals surface area contributed by atoms with Crippen molar-refractivity contribution < 1.29 is 9.90 Å². The smallest absolute Gasteiger partial charge is 0.226 e. The van der Waals surface area contributed by atoms with Crippen molar-refractivity contribution in [3.05, 3.63) is 15.6 Å². The second-order valence-electron chi connectivity index (χ2n) is 10.4. The van der Waals surface area contributed by atoms with E-state index >= 15 is 0 Å². The minimum atomic E-state index is -0.496. The van der Waals surface area contributed by atoms with Gasteiger partial charge in [-0.2, -0.15) is 0 Å². The van der Waals surface area contributed by atoms with E-state index in [4.69, 9.17) is 11.4 Å². The van der Waals surface area contributed by atoms with E-state index in [9.17, 15) is 9.90 Å². The maximum atomic E-state index is 12.9. The summed E-state index contributed by atoms with van der Waals surface area (Å²) in [6, 6.07) is 0. The number of rotatable bonds is 4. The zero-order valence-electron chi connectivity index (χ0n) is 19.4. The molecule has 1 aliphatic heterocycles. The van der Waals surface area contributed by atoms with E-state index in [1.165, 1.54) is 15.6 Å². The molecule has 2 N–H and O–H groups in total. The van der Waals surface area contributed by atoms with Gasteiger partial charge < -0.3 is 15.3 Å². The summed E-state index contributed by atoms with van der Waals surface area (Å²) < 4.78 is 0. The van der Waals surface area contributed by atoms with Gasteiger partial charge in [-0.05, 0) is 62.4 Å². The lowest BCUT2D eigenvalue weighted by atomic mass is 9.53. The van der Waals surface area contributed by atoms with Gasteiger partial charge in [-0.15, -0.1) is 17.8 Å². The Balaban J connectivity index is 1.57. The summed E-state index contributed by atoms with van der Waals surface area (Å²) in [5.41, 5.74) is 1.28. The molecule has 5 nitrogen and oxygen atoms in total. The number of amides is 1. The molecular weight excluding hydrogens is 406 g/mol. The molecule has 0 spiro atoms. The van der Waals surface area contributed by atoms with Crippen LogP contribution in [0.5, 0.6) is 0 Å². The lowest BCUT2D eigenvalue weighted by Crippen LogP contribution is -2.53. The molecule has 1 saturated heterocycles. The first-order valence-electron chi connectivity index (χ1n) is 11.8. The molecule has 4 rings (SSSR count). The van der Waals surface area contributed by atoms with Crippen LogP contribution in [0.2, 0.25) is 0 Å². The fraction of sp³-hybridized carbons (Fsp3) is 0.760. The number of aromatic nitrogens is 1. The summed E-state index contributed by atoms with van der Waals surface area (Å²) in [5, 5.41) is 16.3. The van der Waals surface area contributed by atoms with Crippen LogP contribution in [0.4, 0.5) is 0 Å². The molecule has 6 unspecified atom stereocenters. The van der Waals surface area contributed by atoms with Crippen LogP contribution in [0.1, 0.15) is 73.9 Å². The van der Waals surface area contributed by atoms with Gasteiger partial charge in [-0.25, -0.2) is 4.98 Å². The van der Waals surface area contributed by atoms with Gasteiger partial charge in [0, 0.05) is 29.7 Å². The number of carbonyl (C=O) groups excluding carboxylic acids is 1. The molecule has 1 saturated carbocycles. The number of carbonyl (C=O) groups is 1.